The maximum atomic E-state index is 12.4. The Kier molecular flexibility index (Phi) is 4.62. The Morgan fingerprint density at radius 3 is 2.78 bits per heavy atom. The summed E-state index contributed by atoms with van der Waals surface area (Å²) in [6.07, 6.45) is -0.621. The summed E-state index contributed by atoms with van der Waals surface area (Å²) in [5.41, 5.74) is 1.60. The van der Waals surface area contributed by atoms with Gasteiger partial charge in [0.2, 0.25) is 0 Å². The Morgan fingerprint density at radius 1 is 1.22 bits per heavy atom. The van der Waals surface area contributed by atoms with Crippen molar-refractivity contribution < 1.29 is 14.3 Å². The number of esters is 1. The van der Waals surface area contributed by atoms with Crippen molar-refractivity contribution in [1.29, 1.82) is 0 Å². The summed E-state index contributed by atoms with van der Waals surface area (Å²) in [4.78, 5) is 24.4. The van der Waals surface area contributed by atoms with Crippen LogP contribution in [0.25, 0.3) is 0 Å². The molecule has 4 nitrogen and oxygen atoms in total. The number of fused-ring (bicyclic) bond motifs is 1. The molecule has 7 heteroatoms. The minimum atomic E-state index is -0.917. The summed E-state index contributed by atoms with van der Waals surface area (Å²) in [6.45, 7) is 0. The van der Waals surface area contributed by atoms with Crippen LogP contribution in [0.1, 0.15) is 15.9 Å². The molecule has 1 unspecified atom stereocenters. The van der Waals surface area contributed by atoms with E-state index in [0.717, 1.165) is 10.0 Å². The van der Waals surface area contributed by atoms with E-state index in [-0.39, 0.29) is 0 Å². The van der Waals surface area contributed by atoms with E-state index >= 15 is 0 Å². The van der Waals surface area contributed by atoms with Crippen molar-refractivity contribution in [3.63, 3.8) is 0 Å². The first-order valence-corrected chi connectivity index (χ1v) is 8.24. The summed E-state index contributed by atoms with van der Waals surface area (Å²) in [5, 5.41) is 3.44. The van der Waals surface area contributed by atoms with E-state index in [0.29, 0.717) is 27.7 Å². The Bertz CT molecular complexity index is 810. The van der Waals surface area contributed by atoms with Gasteiger partial charge in [-0.2, -0.15) is 0 Å². The molecule has 3 rings (SSSR count). The van der Waals surface area contributed by atoms with Crippen LogP contribution in [0, 0.1) is 0 Å². The summed E-state index contributed by atoms with van der Waals surface area (Å²) in [5.74, 6) is -0.968. The fraction of sp³-hybridized carbons (Fsp3) is 0.125. The van der Waals surface area contributed by atoms with Crippen molar-refractivity contribution in [2.45, 2.75) is 12.5 Å². The molecule has 0 aliphatic carbocycles. The molecule has 1 amide bonds. The van der Waals surface area contributed by atoms with Crippen LogP contribution < -0.4 is 5.32 Å². The molecule has 1 N–H and O–H groups in total. The SMILES string of the molecule is O=C1OC(C(=O)Nc2cc(Cl)ccc2Cl)Cc2cc(Br)ccc21. The normalized spacial score (nSPS) is 16.5. The summed E-state index contributed by atoms with van der Waals surface area (Å²) in [6, 6.07) is 9.97. The molecule has 2 aromatic rings. The molecule has 0 radical (unpaired) electrons. The van der Waals surface area contributed by atoms with Gasteiger partial charge in [-0.1, -0.05) is 39.1 Å². The van der Waals surface area contributed by atoms with Crippen molar-refractivity contribution in [3.05, 3.63) is 62.0 Å². The lowest BCUT2D eigenvalue weighted by atomic mass is 9.98. The molecule has 1 atom stereocenters. The summed E-state index contributed by atoms with van der Waals surface area (Å²) in [7, 11) is 0. The minimum Gasteiger partial charge on any atom is -0.448 e. The molecule has 0 saturated carbocycles. The van der Waals surface area contributed by atoms with Crippen molar-refractivity contribution in [2.75, 3.05) is 5.32 Å². The maximum absolute atomic E-state index is 12.4. The first-order valence-electron chi connectivity index (χ1n) is 6.69. The van der Waals surface area contributed by atoms with Crippen molar-refractivity contribution in [1.82, 2.24) is 0 Å². The monoisotopic (exact) mass is 413 g/mol. The van der Waals surface area contributed by atoms with Crippen LogP contribution >= 0.6 is 39.1 Å². The number of rotatable bonds is 2. The maximum Gasteiger partial charge on any atom is 0.339 e. The predicted octanol–water partition coefficient (Wildman–Crippen LogP) is 4.48. The van der Waals surface area contributed by atoms with Gasteiger partial charge in [-0.15, -0.1) is 0 Å². The first-order chi connectivity index (χ1) is 10.9. The van der Waals surface area contributed by atoms with Gasteiger partial charge in [0.05, 0.1) is 16.3 Å². The number of cyclic esters (lactones) is 1. The van der Waals surface area contributed by atoms with Crippen LogP contribution in [0.5, 0.6) is 0 Å². The molecular formula is C16H10BrCl2NO3. The van der Waals surface area contributed by atoms with E-state index in [1.807, 2.05) is 6.07 Å². The third-order valence-corrected chi connectivity index (χ3v) is 4.48. The second-order valence-corrected chi connectivity index (χ2v) is 6.77. The second-order valence-electron chi connectivity index (χ2n) is 5.01. The number of anilines is 1. The molecule has 0 aromatic heterocycles. The molecule has 1 heterocycles. The van der Waals surface area contributed by atoms with Crippen LogP contribution in [-0.2, 0) is 16.0 Å². The second kappa shape index (κ2) is 6.51. The van der Waals surface area contributed by atoms with Gasteiger partial charge in [0, 0.05) is 15.9 Å². The van der Waals surface area contributed by atoms with Gasteiger partial charge in [-0.25, -0.2) is 4.79 Å². The number of ether oxygens (including phenoxy) is 1. The molecule has 0 spiro atoms. The zero-order chi connectivity index (χ0) is 16.6. The van der Waals surface area contributed by atoms with E-state index in [1.165, 1.54) is 6.07 Å². The number of carbonyl (C=O) groups is 2. The van der Waals surface area contributed by atoms with Gasteiger partial charge in [-0.05, 0) is 42.0 Å². The zero-order valence-corrected chi connectivity index (χ0v) is 14.7. The number of nitrogens with one attached hydrogen (secondary N) is 1. The number of hydrogen-bond acceptors (Lipinski definition) is 3. The Balaban J connectivity index is 1.81. The lowest BCUT2D eigenvalue weighted by Gasteiger charge is -2.24. The van der Waals surface area contributed by atoms with Crippen molar-refractivity contribution >= 4 is 56.7 Å². The number of amides is 1. The third-order valence-electron chi connectivity index (χ3n) is 3.42. The van der Waals surface area contributed by atoms with Crippen LogP contribution in [0.15, 0.2) is 40.9 Å². The highest BCUT2D eigenvalue weighted by Gasteiger charge is 2.31. The largest absolute Gasteiger partial charge is 0.448 e. The topological polar surface area (TPSA) is 55.4 Å². The molecule has 2 aromatic carbocycles. The van der Waals surface area contributed by atoms with E-state index in [1.54, 1.807) is 24.3 Å². The third kappa shape index (κ3) is 3.52. The van der Waals surface area contributed by atoms with Crippen LogP contribution in [-0.4, -0.2) is 18.0 Å². The van der Waals surface area contributed by atoms with E-state index in [4.69, 9.17) is 27.9 Å². The minimum absolute atomic E-state index is 0.296. The fourth-order valence-electron chi connectivity index (χ4n) is 2.32. The molecule has 0 saturated heterocycles. The number of hydrogen-bond donors (Lipinski definition) is 1. The highest BCUT2D eigenvalue weighted by Crippen LogP contribution is 2.28. The Morgan fingerprint density at radius 2 is 2.00 bits per heavy atom. The van der Waals surface area contributed by atoms with Crippen LogP contribution in [0.4, 0.5) is 5.69 Å². The van der Waals surface area contributed by atoms with Gasteiger partial charge >= 0.3 is 5.97 Å². The van der Waals surface area contributed by atoms with E-state index in [2.05, 4.69) is 21.2 Å². The predicted molar refractivity (Wildman–Crippen MR) is 92.1 cm³/mol. The molecule has 118 valence electrons. The lowest BCUT2D eigenvalue weighted by molar-refractivity contribution is -0.125. The van der Waals surface area contributed by atoms with E-state index < -0.39 is 18.0 Å². The fourth-order valence-corrected chi connectivity index (χ4v) is 3.06. The van der Waals surface area contributed by atoms with Crippen LogP contribution in [0.2, 0.25) is 10.0 Å². The standard InChI is InChI=1S/C16H10BrCl2NO3/c17-9-1-3-11-8(5-9)6-14(23-16(11)22)15(21)20-13-7-10(18)2-4-12(13)19/h1-5,7,14H,6H2,(H,20,21). The van der Waals surface area contributed by atoms with Gasteiger partial charge in [0.1, 0.15) is 0 Å². The Labute approximate surface area is 150 Å². The summed E-state index contributed by atoms with van der Waals surface area (Å²) >= 11 is 15.3. The van der Waals surface area contributed by atoms with Gasteiger partial charge < -0.3 is 10.1 Å². The smallest absolute Gasteiger partial charge is 0.339 e. The molecule has 23 heavy (non-hydrogen) atoms. The van der Waals surface area contributed by atoms with Gasteiger partial charge in [0.15, 0.2) is 6.10 Å². The lowest BCUT2D eigenvalue weighted by Crippen LogP contribution is -2.38. The highest BCUT2D eigenvalue weighted by atomic mass is 79.9. The van der Waals surface area contributed by atoms with Crippen molar-refractivity contribution in [3.8, 4) is 0 Å². The first kappa shape index (κ1) is 16.3. The quantitative estimate of drug-likeness (QED) is 0.737. The van der Waals surface area contributed by atoms with Gasteiger partial charge in [0.25, 0.3) is 5.91 Å². The van der Waals surface area contributed by atoms with Crippen LogP contribution in [0.3, 0.4) is 0 Å². The van der Waals surface area contributed by atoms with E-state index in [9.17, 15) is 9.59 Å². The number of halogens is 3. The van der Waals surface area contributed by atoms with Crippen molar-refractivity contribution in [2.24, 2.45) is 0 Å². The van der Waals surface area contributed by atoms with Gasteiger partial charge in [-0.3, -0.25) is 4.79 Å². The molecule has 1 aliphatic heterocycles. The molecular weight excluding hydrogens is 405 g/mol. The number of benzene rings is 2. The Hall–Kier alpha value is -1.56. The average molecular weight is 415 g/mol. The summed E-state index contributed by atoms with van der Waals surface area (Å²) < 4.78 is 6.05. The number of carbonyl (C=O) groups excluding carboxylic acids is 2. The molecule has 0 bridgehead atoms. The molecule has 1 aliphatic rings. The zero-order valence-electron chi connectivity index (χ0n) is 11.6. The highest BCUT2D eigenvalue weighted by molar-refractivity contribution is 9.10. The average Bonchev–Trinajstić information content (AvgIpc) is 2.50. The molecule has 0 fully saturated rings.